The second kappa shape index (κ2) is 10.9. The fraction of sp³-hybridized carbons (Fsp3) is 0.923. The van der Waals surface area contributed by atoms with E-state index in [4.69, 9.17) is 5.73 Å². The lowest BCUT2D eigenvalue weighted by molar-refractivity contribution is -0.121. The number of hydrogen-bond donors (Lipinski definition) is 2. The molecule has 3 nitrogen and oxygen atoms in total. The Morgan fingerprint density at radius 1 is 1.12 bits per heavy atom. The molecule has 1 amide bonds. The number of nitrogens with one attached hydrogen (secondary N) is 1. The SMILES string of the molecule is CCCCCCCC(=O)NC(CN)CCC. The molecule has 1 atom stereocenters. The molecule has 0 saturated carbocycles. The third kappa shape index (κ3) is 8.72. The largest absolute Gasteiger partial charge is 0.352 e. The van der Waals surface area contributed by atoms with Gasteiger partial charge in [-0.15, -0.1) is 0 Å². The summed E-state index contributed by atoms with van der Waals surface area (Å²) < 4.78 is 0. The Hall–Kier alpha value is -0.570. The van der Waals surface area contributed by atoms with Gasteiger partial charge >= 0.3 is 0 Å². The van der Waals surface area contributed by atoms with E-state index in [2.05, 4.69) is 19.2 Å². The zero-order chi connectivity index (χ0) is 12.2. The molecule has 0 bridgehead atoms. The predicted octanol–water partition coefficient (Wildman–Crippen LogP) is 2.59. The number of unbranched alkanes of at least 4 members (excludes halogenated alkanes) is 4. The summed E-state index contributed by atoms with van der Waals surface area (Å²) in [5.74, 6) is 0.167. The van der Waals surface area contributed by atoms with Crippen LogP contribution in [0.1, 0.15) is 65.2 Å². The van der Waals surface area contributed by atoms with Gasteiger partial charge in [-0.05, 0) is 12.8 Å². The van der Waals surface area contributed by atoms with Crippen molar-refractivity contribution in [2.45, 2.75) is 71.3 Å². The molecule has 3 heteroatoms. The first-order chi connectivity index (χ1) is 7.74. The number of amides is 1. The Bertz CT molecular complexity index is 171. The lowest BCUT2D eigenvalue weighted by Crippen LogP contribution is -2.39. The summed E-state index contributed by atoms with van der Waals surface area (Å²) in [7, 11) is 0. The Labute approximate surface area is 100 Å². The summed E-state index contributed by atoms with van der Waals surface area (Å²) in [6.45, 7) is 4.86. The fourth-order valence-corrected chi connectivity index (χ4v) is 1.79. The lowest BCUT2D eigenvalue weighted by atomic mass is 10.1. The zero-order valence-corrected chi connectivity index (χ0v) is 10.9. The molecule has 0 rings (SSSR count). The van der Waals surface area contributed by atoms with Gasteiger partial charge in [0.15, 0.2) is 0 Å². The fourth-order valence-electron chi connectivity index (χ4n) is 1.79. The van der Waals surface area contributed by atoms with Crippen molar-refractivity contribution in [1.29, 1.82) is 0 Å². The van der Waals surface area contributed by atoms with Gasteiger partial charge in [0.2, 0.25) is 5.91 Å². The van der Waals surface area contributed by atoms with Crippen LogP contribution in [0, 0.1) is 0 Å². The molecule has 1 unspecified atom stereocenters. The highest BCUT2D eigenvalue weighted by Gasteiger charge is 2.08. The number of carbonyl (C=O) groups is 1. The average molecular weight is 228 g/mol. The highest BCUT2D eigenvalue weighted by Crippen LogP contribution is 2.05. The maximum atomic E-state index is 11.6. The van der Waals surface area contributed by atoms with Crippen molar-refractivity contribution in [3.05, 3.63) is 0 Å². The van der Waals surface area contributed by atoms with Crippen LogP contribution in [0.2, 0.25) is 0 Å². The molecular formula is C13H28N2O. The van der Waals surface area contributed by atoms with E-state index in [1.54, 1.807) is 0 Å². The Morgan fingerprint density at radius 2 is 1.81 bits per heavy atom. The van der Waals surface area contributed by atoms with E-state index in [0.29, 0.717) is 13.0 Å². The summed E-state index contributed by atoms with van der Waals surface area (Å²) in [6, 6.07) is 0.174. The second-order valence-corrected chi connectivity index (χ2v) is 4.45. The van der Waals surface area contributed by atoms with Gasteiger partial charge in [-0.2, -0.15) is 0 Å². The molecule has 0 spiro atoms. The molecule has 0 radical (unpaired) electrons. The highest BCUT2D eigenvalue weighted by molar-refractivity contribution is 5.76. The van der Waals surface area contributed by atoms with Crippen molar-refractivity contribution in [2.24, 2.45) is 5.73 Å². The number of carbonyl (C=O) groups excluding carboxylic acids is 1. The molecule has 0 aliphatic rings. The first-order valence-corrected chi connectivity index (χ1v) is 6.74. The molecule has 0 aromatic heterocycles. The van der Waals surface area contributed by atoms with Crippen LogP contribution in [0.3, 0.4) is 0 Å². The van der Waals surface area contributed by atoms with Crippen molar-refractivity contribution >= 4 is 5.91 Å². The van der Waals surface area contributed by atoms with Crippen LogP contribution in [0.5, 0.6) is 0 Å². The molecule has 3 N–H and O–H groups in total. The molecule has 0 aromatic rings. The van der Waals surface area contributed by atoms with Gasteiger partial charge in [0.05, 0.1) is 0 Å². The molecular weight excluding hydrogens is 200 g/mol. The maximum absolute atomic E-state index is 11.6. The van der Waals surface area contributed by atoms with Crippen LogP contribution >= 0.6 is 0 Å². The molecule has 0 aromatic carbocycles. The van der Waals surface area contributed by atoms with E-state index >= 15 is 0 Å². The number of nitrogens with two attached hydrogens (primary N) is 1. The predicted molar refractivity (Wildman–Crippen MR) is 69.3 cm³/mol. The van der Waals surface area contributed by atoms with Crippen LogP contribution in [0.15, 0.2) is 0 Å². The van der Waals surface area contributed by atoms with E-state index in [9.17, 15) is 4.79 Å². The molecule has 16 heavy (non-hydrogen) atoms. The van der Waals surface area contributed by atoms with E-state index in [1.165, 1.54) is 25.7 Å². The van der Waals surface area contributed by atoms with Gasteiger partial charge < -0.3 is 11.1 Å². The first-order valence-electron chi connectivity index (χ1n) is 6.74. The topological polar surface area (TPSA) is 55.1 Å². The Morgan fingerprint density at radius 3 is 2.38 bits per heavy atom. The van der Waals surface area contributed by atoms with Crippen molar-refractivity contribution < 1.29 is 4.79 Å². The molecule has 0 heterocycles. The third-order valence-electron chi connectivity index (χ3n) is 2.79. The summed E-state index contributed by atoms with van der Waals surface area (Å²) in [6.07, 6.45) is 8.66. The van der Waals surface area contributed by atoms with Crippen LogP contribution < -0.4 is 11.1 Å². The minimum absolute atomic E-state index is 0.167. The monoisotopic (exact) mass is 228 g/mol. The Kier molecular flexibility index (Phi) is 10.5. The molecule has 0 saturated heterocycles. The summed E-state index contributed by atoms with van der Waals surface area (Å²) in [4.78, 5) is 11.6. The van der Waals surface area contributed by atoms with Gasteiger partial charge in [0, 0.05) is 19.0 Å². The van der Waals surface area contributed by atoms with Crippen molar-refractivity contribution in [3.8, 4) is 0 Å². The molecule has 96 valence electrons. The smallest absolute Gasteiger partial charge is 0.220 e. The lowest BCUT2D eigenvalue weighted by Gasteiger charge is -2.15. The van der Waals surface area contributed by atoms with Gasteiger partial charge in [-0.3, -0.25) is 4.79 Å². The average Bonchev–Trinajstić information content (AvgIpc) is 2.28. The van der Waals surface area contributed by atoms with Crippen LogP contribution in [-0.2, 0) is 4.79 Å². The van der Waals surface area contributed by atoms with Crippen LogP contribution in [0.25, 0.3) is 0 Å². The van der Waals surface area contributed by atoms with E-state index in [1.807, 2.05) is 0 Å². The highest BCUT2D eigenvalue weighted by atomic mass is 16.1. The molecule has 0 fully saturated rings. The van der Waals surface area contributed by atoms with E-state index in [0.717, 1.165) is 19.3 Å². The van der Waals surface area contributed by atoms with Gasteiger partial charge in [-0.25, -0.2) is 0 Å². The summed E-state index contributed by atoms with van der Waals surface area (Å²) in [5, 5.41) is 2.99. The second-order valence-electron chi connectivity index (χ2n) is 4.45. The normalized spacial score (nSPS) is 12.4. The zero-order valence-electron chi connectivity index (χ0n) is 10.9. The first kappa shape index (κ1) is 15.4. The third-order valence-corrected chi connectivity index (χ3v) is 2.79. The number of hydrogen-bond acceptors (Lipinski definition) is 2. The van der Waals surface area contributed by atoms with Crippen molar-refractivity contribution in [2.75, 3.05) is 6.54 Å². The maximum Gasteiger partial charge on any atom is 0.220 e. The van der Waals surface area contributed by atoms with Gasteiger partial charge in [0.25, 0.3) is 0 Å². The standard InChI is InChI=1S/C13H28N2O/c1-3-5-6-7-8-10-13(16)15-12(11-14)9-4-2/h12H,3-11,14H2,1-2H3,(H,15,16). The van der Waals surface area contributed by atoms with E-state index < -0.39 is 0 Å². The van der Waals surface area contributed by atoms with Gasteiger partial charge in [0.1, 0.15) is 0 Å². The number of rotatable bonds is 10. The minimum Gasteiger partial charge on any atom is -0.352 e. The minimum atomic E-state index is 0.167. The quantitative estimate of drug-likeness (QED) is 0.565. The summed E-state index contributed by atoms with van der Waals surface area (Å²) >= 11 is 0. The van der Waals surface area contributed by atoms with Crippen LogP contribution in [-0.4, -0.2) is 18.5 Å². The molecule has 0 aliphatic heterocycles. The summed E-state index contributed by atoms with van der Waals surface area (Å²) in [5.41, 5.74) is 5.59. The Balaban J connectivity index is 3.48. The molecule has 0 aliphatic carbocycles. The van der Waals surface area contributed by atoms with Crippen LogP contribution in [0.4, 0.5) is 0 Å². The van der Waals surface area contributed by atoms with Crippen molar-refractivity contribution in [3.63, 3.8) is 0 Å². The van der Waals surface area contributed by atoms with Crippen molar-refractivity contribution in [1.82, 2.24) is 5.32 Å². The van der Waals surface area contributed by atoms with E-state index in [-0.39, 0.29) is 11.9 Å². The van der Waals surface area contributed by atoms with Gasteiger partial charge in [-0.1, -0.05) is 46.0 Å².